The van der Waals surface area contributed by atoms with Crippen LogP contribution >= 0.6 is 0 Å². The minimum Gasteiger partial charge on any atom is -0.496 e. The standard InChI is InChI=1S/C21H25NO4/c1-14-7-3-6-10-18(14)22-20(23)13-26-21(24)17-11-12-19(25-2)16-9-5-4-8-15(16)17/h4-5,8-9,11-12,14,18H,3,6-7,10,13H2,1-2H3,(H,22,23)/t14-,18-/m1/s1. The van der Waals surface area contributed by atoms with Gasteiger partial charge in [-0.15, -0.1) is 0 Å². The molecule has 2 aromatic rings. The summed E-state index contributed by atoms with van der Waals surface area (Å²) in [6, 6.07) is 11.1. The number of ether oxygens (including phenoxy) is 2. The van der Waals surface area contributed by atoms with E-state index in [1.54, 1.807) is 19.2 Å². The lowest BCUT2D eigenvalue weighted by Gasteiger charge is -2.29. The van der Waals surface area contributed by atoms with Gasteiger partial charge < -0.3 is 14.8 Å². The third kappa shape index (κ3) is 3.98. The van der Waals surface area contributed by atoms with Crippen molar-refractivity contribution in [3.8, 4) is 5.75 Å². The molecule has 1 fully saturated rings. The van der Waals surface area contributed by atoms with Crippen LogP contribution < -0.4 is 10.1 Å². The molecule has 5 nitrogen and oxygen atoms in total. The Balaban J connectivity index is 1.65. The summed E-state index contributed by atoms with van der Waals surface area (Å²) in [7, 11) is 1.59. The molecule has 0 aliphatic heterocycles. The Hall–Kier alpha value is -2.56. The molecule has 1 aliphatic rings. The molecule has 1 saturated carbocycles. The smallest absolute Gasteiger partial charge is 0.339 e. The first-order valence-electron chi connectivity index (χ1n) is 9.12. The van der Waals surface area contributed by atoms with Gasteiger partial charge in [0.2, 0.25) is 0 Å². The van der Waals surface area contributed by atoms with Crippen LogP contribution in [0.4, 0.5) is 0 Å². The number of hydrogen-bond donors (Lipinski definition) is 1. The summed E-state index contributed by atoms with van der Waals surface area (Å²) in [4.78, 5) is 24.6. The Bertz CT molecular complexity index is 802. The van der Waals surface area contributed by atoms with E-state index in [0.29, 0.717) is 17.2 Å². The second-order valence-electron chi connectivity index (χ2n) is 6.87. The van der Waals surface area contributed by atoms with Crippen LogP contribution in [0.1, 0.15) is 43.0 Å². The molecule has 0 aromatic heterocycles. The zero-order chi connectivity index (χ0) is 18.5. The second kappa shape index (κ2) is 8.21. The molecule has 138 valence electrons. The summed E-state index contributed by atoms with van der Waals surface area (Å²) in [6.07, 6.45) is 4.46. The predicted molar refractivity (Wildman–Crippen MR) is 100 cm³/mol. The lowest BCUT2D eigenvalue weighted by molar-refractivity contribution is -0.125. The number of esters is 1. The van der Waals surface area contributed by atoms with Crippen LogP contribution in [0.3, 0.4) is 0 Å². The highest BCUT2D eigenvalue weighted by Gasteiger charge is 2.23. The summed E-state index contributed by atoms with van der Waals surface area (Å²) in [5.74, 6) is 0.417. The summed E-state index contributed by atoms with van der Waals surface area (Å²) in [6.45, 7) is 1.89. The normalized spacial score (nSPS) is 19.8. The molecule has 0 spiro atoms. The van der Waals surface area contributed by atoms with Crippen molar-refractivity contribution in [1.82, 2.24) is 5.32 Å². The molecular formula is C21H25NO4. The number of methoxy groups -OCH3 is 1. The number of nitrogens with one attached hydrogen (secondary N) is 1. The fraction of sp³-hybridized carbons (Fsp3) is 0.429. The van der Waals surface area contributed by atoms with Gasteiger partial charge in [-0.05, 0) is 36.3 Å². The highest BCUT2D eigenvalue weighted by Crippen LogP contribution is 2.28. The van der Waals surface area contributed by atoms with E-state index in [4.69, 9.17) is 9.47 Å². The number of rotatable bonds is 5. The van der Waals surface area contributed by atoms with Crippen molar-refractivity contribution in [2.45, 2.75) is 38.6 Å². The maximum Gasteiger partial charge on any atom is 0.339 e. The van der Waals surface area contributed by atoms with Gasteiger partial charge in [0.25, 0.3) is 5.91 Å². The number of carbonyl (C=O) groups is 2. The highest BCUT2D eigenvalue weighted by molar-refractivity contribution is 6.06. The topological polar surface area (TPSA) is 64.6 Å². The molecule has 1 aliphatic carbocycles. The molecule has 2 aromatic carbocycles. The molecule has 0 bridgehead atoms. The van der Waals surface area contributed by atoms with Crippen LogP contribution in [-0.2, 0) is 9.53 Å². The van der Waals surface area contributed by atoms with Crippen molar-refractivity contribution in [1.29, 1.82) is 0 Å². The molecule has 5 heteroatoms. The quantitative estimate of drug-likeness (QED) is 0.831. The van der Waals surface area contributed by atoms with Gasteiger partial charge in [0, 0.05) is 11.4 Å². The van der Waals surface area contributed by atoms with Crippen molar-refractivity contribution < 1.29 is 19.1 Å². The Morgan fingerprint density at radius 1 is 1.08 bits per heavy atom. The molecule has 0 unspecified atom stereocenters. The van der Waals surface area contributed by atoms with E-state index in [1.165, 1.54) is 6.42 Å². The minimum atomic E-state index is -0.504. The van der Waals surface area contributed by atoms with Gasteiger partial charge >= 0.3 is 5.97 Å². The minimum absolute atomic E-state index is 0.178. The van der Waals surface area contributed by atoms with Crippen LogP contribution in [0.25, 0.3) is 10.8 Å². The first-order valence-corrected chi connectivity index (χ1v) is 9.12. The average molecular weight is 355 g/mol. The first-order chi connectivity index (χ1) is 12.6. The van der Waals surface area contributed by atoms with Crippen LogP contribution in [0, 0.1) is 5.92 Å². The molecule has 0 heterocycles. The fourth-order valence-electron chi connectivity index (χ4n) is 3.62. The van der Waals surface area contributed by atoms with Gasteiger partial charge in [-0.3, -0.25) is 4.79 Å². The average Bonchev–Trinajstić information content (AvgIpc) is 2.67. The van der Waals surface area contributed by atoms with Crippen LogP contribution in [0.15, 0.2) is 36.4 Å². The van der Waals surface area contributed by atoms with Gasteiger partial charge in [-0.25, -0.2) is 4.79 Å². The van der Waals surface area contributed by atoms with Crippen molar-refractivity contribution in [3.05, 3.63) is 42.0 Å². The Morgan fingerprint density at radius 3 is 2.54 bits per heavy atom. The number of carbonyl (C=O) groups excluding carboxylic acids is 2. The van der Waals surface area contributed by atoms with Crippen LogP contribution in [-0.4, -0.2) is 31.6 Å². The largest absolute Gasteiger partial charge is 0.496 e. The van der Waals surface area contributed by atoms with E-state index in [2.05, 4.69) is 12.2 Å². The van der Waals surface area contributed by atoms with Gasteiger partial charge in [0.1, 0.15) is 5.75 Å². The van der Waals surface area contributed by atoms with Gasteiger partial charge in [0.15, 0.2) is 6.61 Å². The fourth-order valence-corrected chi connectivity index (χ4v) is 3.62. The number of benzene rings is 2. The Labute approximate surface area is 153 Å². The van der Waals surface area contributed by atoms with E-state index >= 15 is 0 Å². The molecule has 0 saturated heterocycles. The lowest BCUT2D eigenvalue weighted by atomic mass is 9.86. The molecule has 1 amide bonds. The molecule has 3 rings (SSSR count). The van der Waals surface area contributed by atoms with E-state index in [-0.39, 0.29) is 18.6 Å². The number of amides is 1. The number of fused-ring (bicyclic) bond motifs is 1. The molecule has 26 heavy (non-hydrogen) atoms. The summed E-state index contributed by atoms with van der Waals surface area (Å²) in [5, 5.41) is 4.58. The van der Waals surface area contributed by atoms with E-state index in [0.717, 1.165) is 30.0 Å². The third-order valence-corrected chi connectivity index (χ3v) is 5.12. The van der Waals surface area contributed by atoms with E-state index in [9.17, 15) is 9.59 Å². The number of hydrogen-bond acceptors (Lipinski definition) is 4. The molecular weight excluding hydrogens is 330 g/mol. The molecule has 0 radical (unpaired) electrons. The predicted octanol–water partition coefficient (Wildman–Crippen LogP) is 3.70. The maximum atomic E-state index is 12.5. The lowest BCUT2D eigenvalue weighted by Crippen LogP contribution is -2.42. The zero-order valence-corrected chi connectivity index (χ0v) is 15.3. The van der Waals surface area contributed by atoms with Crippen molar-refractivity contribution in [2.75, 3.05) is 13.7 Å². The maximum absolute atomic E-state index is 12.5. The van der Waals surface area contributed by atoms with Gasteiger partial charge in [-0.1, -0.05) is 44.0 Å². The van der Waals surface area contributed by atoms with Crippen molar-refractivity contribution in [2.24, 2.45) is 5.92 Å². The SMILES string of the molecule is COc1ccc(C(=O)OCC(=O)N[C@@H]2CCCC[C@H]2C)c2ccccc12. The zero-order valence-electron chi connectivity index (χ0n) is 15.3. The molecule has 1 N–H and O–H groups in total. The first kappa shape index (κ1) is 18.2. The van der Waals surface area contributed by atoms with Gasteiger partial charge in [0.05, 0.1) is 12.7 Å². The summed E-state index contributed by atoms with van der Waals surface area (Å²) >= 11 is 0. The Morgan fingerprint density at radius 2 is 1.81 bits per heavy atom. The monoisotopic (exact) mass is 355 g/mol. The van der Waals surface area contributed by atoms with Crippen LogP contribution in [0.2, 0.25) is 0 Å². The molecule has 2 atom stereocenters. The van der Waals surface area contributed by atoms with E-state index in [1.807, 2.05) is 24.3 Å². The van der Waals surface area contributed by atoms with Crippen molar-refractivity contribution >= 4 is 22.6 Å². The van der Waals surface area contributed by atoms with E-state index < -0.39 is 5.97 Å². The van der Waals surface area contributed by atoms with Crippen LogP contribution in [0.5, 0.6) is 5.75 Å². The van der Waals surface area contributed by atoms with Gasteiger partial charge in [-0.2, -0.15) is 0 Å². The third-order valence-electron chi connectivity index (χ3n) is 5.12. The summed E-state index contributed by atoms with van der Waals surface area (Å²) < 4.78 is 10.6. The summed E-state index contributed by atoms with van der Waals surface area (Å²) in [5.41, 5.74) is 0.431. The Kier molecular flexibility index (Phi) is 5.76. The van der Waals surface area contributed by atoms with Crippen molar-refractivity contribution in [3.63, 3.8) is 0 Å². The second-order valence-corrected chi connectivity index (χ2v) is 6.87. The highest BCUT2D eigenvalue weighted by atomic mass is 16.5.